The lowest BCUT2D eigenvalue weighted by molar-refractivity contribution is -0.131. The highest BCUT2D eigenvalue weighted by molar-refractivity contribution is 6.30. The second kappa shape index (κ2) is 5.10. The largest absolute Gasteiger partial charge is 0.361 e. The van der Waals surface area contributed by atoms with Crippen LogP contribution in [0.1, 0.15) is 18.2 Å². The summed E-state index contributed by atoms with van der Waals surface area (Å²) in [6.07, 6.45) is 0.741. The molecule has 0 saturated heterocycles. The quantitative estimate of drug-likeness (QED) is 0.753. The lowest BCUT2D eigenvalue weighted by Crippen LogP contribution is -2.40. The molecule has 0 radical (unpaired) electrons. The smallest absolute Gasteiger partial charge is 0.240 e. The van der Waals surface area contributed by atoms with Crippen molar-refractivity contribution in [2.24, 2.45) is 0 Å². The first-order valence-corrected chi connectivity index (χ1v) is 6.38. The van der Waals surface area contributed by atoms with Crippen molar-refractivity contribution in [2.45, 2.75) is 25.3 Å². The topological polar surface area (TPSA) is 49.3 Å². The van der Waals surface area contributed by atoms with Gasteiger partial charge in [-0.2, -0.15) is 5.10 Å². The zero-order valence-electron chi connectivity index (χ0n) is 10.9. The lowest BCUT2D eigenvalue weighted by atomic mass is 10.1. The Morgan fingerprint density at radius 3 is 2.83 bits per heavy atom. The summed E-state index contributed by atoms with van der Waals surface area (Å²) in [5.41, 5.74) is 2.04. The molecule has 5 nitrogen and oxygen atoms in total. The van der Waals surface area contributed by atoms with Crippen LogP contribution in [0.2, 0.25) is 0 Å². The molecule has 18 heavy (non-hydrogen) atoms. The van der Waals surface area contributed by atoms with E-state index in [-0.39, 0.29) is 5.91 Å². The van der Waals surface area contributed by atoms with E-state index >= 15 is 0 Å². The molecule has 0 N–H and O–H groups in total. The fourth-order valence-electron chi connectivity index (χ4n) is 1.98. The van der Waals surface area contributed by atoms with Gasteiger partial charge in [0.2, 0.25) is 5.91 Å². The van der Waals surface area contributed by atoms with Crippen molar-refractivity contribution in [1.29, 1.82) is 0 Å². The van der Waals surface area contributed by atoms with Crippen LogP contribution in [-0.4, -0.2) is 47.0 Å². The molecule has 98 valence electrons. The van der Waals surface area contributed by atoms with Crippen molar-refractivity contribution in [2.75, 3.05) is 25.5 Å². The zero-order chi connectivity index (χ0) is 13.3. The number of nitrogens with zero attached hydrogens (tertiary/aromatic N) is 4. The molecule has 1 unspecified atom stereocenters. The molecule has 1 aliphatic rings. The SMILES string of the molecule is CC(Cl)C(=O)N1CCc2nnc(N(C)C)cc2C1. The highest BCUT2D eigenvalue weighted by atomic mass is 35.5. The molecule has 0 spiro atoms. The Morgan fingerprint density at radius 2 is 2.22 bits per heavy atom. The van der Waals surface area contributed by atoms with Crippen LogP contribution < -0.4 is 4.90 Å². The molecule has 1 aromatic rings. The third-order valence-corrected chi connectivity index (χ3v) is 3.22. The maximum absolute atomic E-state index is 11.9. The van der Waals surface area contributed by atoms with Crippen molar-refractivity contribution in [3.63, 3.8) is 0 Å². The van der Waals surface area contributed by atoms with Crippen LogP contribution in [0, 0.1) is 0 Å². The number of amides is 1. The minimum atomic E-state index is -0.477. The van der Waals surface area contributed by atoms with Gasteiger partial charge in [-0.15, -0.1) is 16.7 Å². The molecule has 0 aliphatic carbocycles. The minimum absolute atomic E-state index is 0.0227. The van der Waals surface area contributed by atoms with Crippen LogP contribution in [0.3, 0.4) is 0 Å². The molecular weight excluding hydrogens is 252 g/mol. The third kappa shape index (κ3) is 2.56. The molecule has 1 aliphatic heterocycles. The molecule has 6 heteroatoms. The van der Waals surface area contributed by atoms with Crippen LogP contribution in [0.15, 0.2) is 6.07 Å². The number of fused-ring (bicyclic) bond motifs is 1. The predicted octanol–water partition coefficient (Wildman–Crippen LogP) is 1.05. The zero-order valence-corrected chi connectivity index (χ0v) is 11.6. The van der Waals surface area contributed by atoms with E-state index in [2.05, 4.69) is 10.2 Å². The van der Waals surface area contributed by atoms with Gasteiger partial charge in [0.1, 0.15) is 5.38 Å². The maximum atomic E-state index is 11.9. The fraction of sp³-hybridized carbons (Fsp3) is 0.583. The van der Waals surface area contributed by atoms with E-state index in [4.69, 9.17) is 11.6 Å². The van der Waals surface area contributed by atoms with Crippen LogP contribution in [0.25, 0.3) is 0 Å². The first-order chi connectivity index (χ1) is 8.49. The van der Waals surface area contributed by atoms with Crippen LogP contribution in [0.5, 0.6) is 0 Å². The van der Waals surface area contributed by atoms with Gasteiger partial charge in [0.05, 0.1) is 5.69 Å². The van der Waals surface area contributed by atoms with E-state index in [0.717, 1.165) is 23.5 Å². The average Bonchev–Trinajstić information content (AvgIpc) is 2.36. The van der Waals surface area contributed by atoms with Gasteiger partial charge >= 0.3 is 0 Å². The lowest BCUT2D eigenvalue weighted by Gasteiger charge is -2.29. The minimum Gasteiger partial charge on any atom is -0.361 e. The van der Waals surface area contributed by atoms with E-state index in [0.29, 0.717) is 13.1 Å². The van der Waals surface area contributed by atoms with Gasteiger partial charge < -0.3 is 9.80 Å². The Hall–Kier alpha value is -1.36. The summed E-state index contributed by atoms with van der Waals surface area (Å²) in [4.78, 5) is 15.6. The standard InChI is InChI=1S/C12H17ClN4O/c1-8(13)12(18)17-5-4-10-9(7-17)6-11(15-14-10)16(2)3/h6,8H,4-5,7H2,1-3H3. The van der Waals surface area contributed by atoms with E-state index in [9.17, 15) is 4.79 Å². The van der Waals surface area contributed by atoms with Crippen LogP contribution in [0.4, 0.5) is 5.82 Å². The highest BCUT2D eigenvalue weighted by Crippen LogP contribution is 2.20. The molecule has 0 saturated carbocycles. The summed E-state index contributed by atoms with van der Waals surface area (Å²) < 4.78 is 0. The van der Waals surface area contributed by atoms with E-state index < -0.39 is 5.38 Å². The van der Waals surface area contributed by atoms with Gasteiger partial charge in [-0.05, 0) is 18.6 Å². The number of alkyl halides is 1. The normalized spacial score (nSPS) is 16.1. The average molecular weight is 269 g/mol. The van der Waals surface area contributed by atoms with Gasteiger partial charge in [-0.25, -0.2) is 0 Å². The van der Waals surface area contributed by atoms with E-state index in [1.54, 1.807) is 11.8 Å². The first kappa shape index (κ1) is 13.1. The van der Waals surface area contributed by atoms with Crippen molar-refractivity contribution in [3.8, 4) is 0 Å². The molecule has 2 rings (SSSR count). The van der Waals surface area contributed by atoms with Gasteiger partial charge in [0.25, 0.3) is 0 Å². The first-order valence-electron chi connectivity index (χ1n) is 5.94. The summed E-state index contributed by atoms with van der Waals surface area (Å²) in [6.45, 7) is 2.94. The Kier molecular flexibility index (Phi) is 3.71. The Morgan fingerprint density at radius 1 is 1.50 bits per heavy atom. The second-order valence-electron chi connectivity index (χ2n) is 4.69. The molecule has 2 heterocycles. The Balaban J connectivity index is 2.22. The number of halogens is 1. The fourth-order valence-corrected chi connectivity index (χ4v) is 2.11. The van der Waals surface area contributed by atoms with Crippen molar-refractivity contribution >= 4 is 23.3 Å². The summed E-state index contributed by atoms with van der Waals surface area (Å²) in [6, 6.07) is 1.99. The number of hydrogen-bond donors (Lipinski definition) is 0. The molecular formula is C12H17ClN4O. The molecule has 0 aromatic carbocycles. The molecule has 0 bridgehead atoms. The van der Waals surface area contributed by atoms with Gasteiger partial charge in [0.15, 0.2) is 5.82 Å². The summed E-state index contributed by atoms with van der Waals surface area (Å²) in [7, 11) is 3.84. The monoisotopic (exact) mass is 268 g/mol. The number of rotatable bonds is 2. The van der Waals surface area contributed by atoms with Crippen molar-refractivity contribution in [1.82, 2.24) is 15.1 Å². The number of hydrogen-bond acceptors (Lipinski definition) is 4. The summed E-state index contributed by atoms with van der Waals surface area (Å²) in [5.74, 6) is 0.785. The van der Waals surface area contributed by atoms with E-state index in [1.165, 1.54) is 0 Å². The second-order valence-corrected chi connectivity index (χ2v) is 5.35. The molecule has 1 aromatic heterocycles. The number of carbonyl (C=O) groups excluding carboxylic acids is 1. The molecule has 0 fully saturated rings. The third-order valence-electron chi connectivity index (χ3n) is 3.04. The van der Waals surface area contributed by atoms with Crippen LogP contribution >= 0.6 is 11.6 Å². The summed E-state index contributed by atoms with van der Waals surface area (Å²) in [5, 5.41) is 7.88. The summed E-state index contributed by atoms with van der Waals surface area (Å²) >= 11 is 5.84. The Bertz CT molecular complexity index is 461. The number of carbonyl (C=O) groups is 1. The van der Waals surface area contributed by atoms with Crippen LogP contribution in [-0.2, 0) is 17.8 Å². The molecule has 1 atom stereocenters. The Labute approximate surface area is 112 Å². The van der Waals surface area contributed by atoms with Crippen molar-refractivity contribution in [3.05, 3.63) is 17.3 Å². The van der Waals surface area contributed by atoms with Crippen molar-refractivity contribution < 1.29 is 4.79 Å². The van der Waals surface area contributed by atoms with Gasteiger partial charge in [-0.1, -0.05) is 0 Å². The van der Waals surface area contributed by atoms with Gasteiger partial charge in [0, 0.05) is 33.6 Å². The van der Waals surface area contributed by atoms with Gasteiger partial charge in [-0.3, -0.25) is 4.79 Å². The number of aromatic nitrogens is 2. The predicted molar refractivity (Wildman–Crippen MR) is 70.8 cm³/mol. The maximum Gasteiger partial charge on any atom is 0.240 e. The number of anilines is 1. The van der Waals surface area contributed by atoms with E-state index in [1.807, 2.05) is 25.1 Å². The molecule has 1 amide bonds. The highest BCUT2D eigenvalue weighted by Gasteiger charge is 2.24.